The Bertz CT molecular complexity index is 1120. The lowest BCUT2D eigenvalue weighted by molar-refractivity contribution is 0.102. The number of ether oxygens (including phenoxy) is 2. The first-order valence-corrected chi connectivity index (χ1v) is 9.58. The van der Waals surface area contributed by atoms with E-state index in [1.54, 1.807) is 56.6 Å². The van der Waals surface area contributed by atoms with Crippen LogP contribution in [0.5, 0.6) is 11.5 Å². The number of benzene rings is 2. The number of hydrogen-bond donors (Lipinski definition) is 3. The molecule has 1 heterocycles. The fourth-order valence-electron chi connectivity index (χ4n) is 2.80. The number of aryl methyl sites for hydroxylation is 1. The van der Waals surface area contributed by atoms with E-state index in [-0.39, 0.29) is 11.4 Å². The molecule has 1 amide bonds. The van der Waals surface area contributed by atoms with Crippen LogP contribution in [0.4, 0.5) is 11.5 Å². The second-order valence-electron chi connectivity index (χ2n) is 6.45. The summed E-state index contributed by atoms with van der Waals surface area (Å²) in [4.78, 5) is 31.1. The predicted octanol–water partition coefficient (Wildman–Crippen LogP) is 3.18. The zero-order chi connectivity index (χ0) is 22.2. The Labute approximate surface area is 179 Å². The molecule has 0 spiro atoms. The number of nitrogens with zero attached hydrogens (tertiary/aromatic N) is 2. The molecule has 0 fully saturated rings. The minimum Gasteiger partial charge on any atom is -0.497 e. The summed E-state index contributed by atoms with van der Waals surface area (Å²) in [6, 6.07) is 14.2. The number of carbonyl (C=O) groups excluding carboxylic acids is 1. The van der Waals surface area contributed by atoms with Gasteiger partial charge in [0.15, 0.2) is 5.82 Å². The van der Waals surface area contributed by atoms with Crippen molar-refractivity contribution in [2.45, 2.75) is 13.8 Å². The van der Waals surface area contributed by atoms with Gasteiger partial charge in [-0.15, -0.1) is 0 Å². The number of aromatic amines is 1. The van der Waals surface area contributed by atoms with Crippen molar-refractivity contribution in [3.63, 3.8) is 0 Å². The van der Waals surface area contributed by atoms with E-state index in [9.17, 15) is 9.59 Å². The van der Waals surface area contributed by atoms with Gasteiger partial charge in [-0.2, -0.15) is 10.1 Å². The number of carbonyl (C=O) groups is 1. The molecule has 0 aliphatic carbocycles. The zero-order valence-electron chi connectivity index (χ0n) is 17.4. The fourth-order valence-corrected chi connectivity index (χ4v) is 2.80. The Hall–Kier alpha value is -4.14. The Morgan fingerprint density at radius 3 is 2.45 bits per heavy atom. The van der Waals surface area contributed by atoms with Gasteiger partial charge in [0.2, 0.25) is 0 Å². The molecule has 0 bridgehead atoms. The third kappa shape index (κ3) is 5.69. The highest BCUT2D eigenvalue weighted by Crippen LogP contribution is 2.19. The summed E-state index contributed by atoms with van der Waals surface area (Å²) in [7, 11) is 1.59. The van der Waals surface area contributed by atoms with E-state index < -0.39 is 11.6 Å². The Morgan fingerprint density at radius 2 is 1.81 bits per heavy atom. The second-order valence-corrected chi connectivity index (χ2v) is 6.45. The number of hydrogen-bond acceptors (Lipinski definition) is 7. The number of nitrogens with one attached hydrogen (secondary N) is 3. The van der Waals surface area contributed by atoms with Crippen molar-refractivity contribution in [1.82, 2.24) is 9.97 Å². The molecular weight excluding hydrogens is 398 g/mol. The van der Waals surface area contributed by atoms with Crippen molar-refractivity contribution in [1.29, 1.82) is 0 Å². The van der Waals surface area contributed by atoms with Crippen LogP contribution in [0, 0.1) is 6.92 Å². The van der Waals surface area contributed by atoms with Crippen LogP contribution in [-0.4, -0.2) is 35.8 Å². The summed E-state index contributed by atoms with van der Waals surface area (Å²) in [5.74, 6) is 1.05. The van der Waals surface area contributed by atoms with Crippen molar-refractivity contribution in [3.05, 3.63) is 75.8 Å². The minimum absolute atomic E-state index is 0.0504. The first-order chi connectivity index (χ1) is 15.0. The lowest BCUT2D eigenvalue weighted by atomic mass is 10.2. The van der Waals surface area contributed by atoms with E-state index in [2.05, 4.69) is 25.8 Å². The first-order valence-electron chi connectivity index (χ1n) is 9.58. The molecule has 9 heteroatoms. The van der Waals surface area contributed by atoms with E-state index in [0.29, 0.717) is 23.7 Å². The molecule has 3 N–H and O–H groups in total. The van der Waals surface area contributed by atoms with Crippen LogP contribution in [-0.2, 0) is 0 Å². The average Bonchev–Trinajstić information content (AvgIpc) is 2.75. The van der Waals surface area contributed by atoms with Crippen LogP contribution in [0.3, 0.4) is 0 Å². The molecule has 0 saturated carbocycles. The normalized spacial score (nSPS) is 10.7. The van der Waals surface area contributed by atoms with Crippen LogP contribution in [0.15, 0.2) is 58.4 Å². The van der Waals surface area contributed by atoms with Crippen LogP contribution in [0.1, 0.15) is 28.5 Å². The van der Waals surface area contributed by atoms with E-state index in [1.165, 1.54) is 0 Å². The average molecular weight is 421 g/mol. The maximum absolute atomic E-state index is 12.9. The Morgan fingerprint density at radius 1 is 1.13 bits per heavy atom. The number of amides is 1. The molecular formula is C22H23N5O4. The molecule has 2 aromatic carbocycles. The maximum atomic E-state index is 12.9. The number of hydrazone groups is 1. The quantitative estimate of drug-likeness (QED) is 0.380. The molecule has 0 atom stereocenters. The predicted molar refractivity (Wildman–Crippen MR) is 119 cm³/mol. The molecule has 0 radical (unpaired) electrons. The van der Waals surface area contributed by atoms with E-state index >= 15 is 0 Å². The van der Waals surface area contributed by atoms with Gasteiger partial charge in [0.1, 0.15) is 17.1 Å². The highest BCUT2D eigenvalue weighted by atomic mass is 16.5. The zero-order valence-corrected chi connectivity index (χ0v) is 17.4. The number of rotatable bonds is 8. The van der Waals surface area contributed by atoms with Gasteiger partial charge < -0.3 is 19.8 Å². The molecule has 3 aromatic rings. The number of aromatic nitrogens is 2. The van der Waals surface area contributed by atoms with E-state index in [1.807, 2.05) is 19.1 Å². The number of methoxy groups -OCH3 is 1. The molecule has 31 heavy (non-hydrogen) atoms. The summed E-state index contributed by atoms with van der Waals surface area (Å²) in [5, 5.41) is 6.89. The van der Waals surface area contributed by atoms with Gasteiger partial charge in [-0.05, 0) is 67.9 Å². The largest absolute Gasteiger partial charge is 0.497 e. The van der Waals surface area contributed by atoms with Crippen LogP contribution < -0.4 is 25.9 Å². The standard InChI is InChI=1S/C22H23N5O4/c1-4-31-18-11-7-16(8-12-18)25-21(28)19-14(2)24-22(29)26-20(19)27-23-13-15-5-9-17(30-3)10-6-15/h5-13H,4H2,1-3H3,(H,25,28)(H2,24,26,27,29)/b23-13+. The summed E-state index contributed by atoms with van der Waals surface area (Å²) in [5.41, 5.74) is 4.03. The smallest absolute Gasteiger partial charge is 0.347 e. The van der Waals surface area contributed by atoms with Gasteiger partial charge in [-0.25, -0.2) is 4.79 Å². The Balaban J connectivity index is 1.78. The van der Waals surface area contributed by atoms with Gasteiger partial charge in [0.05, 0.1) is 19.9 Å². The van der Waals surface area contributed by atoms with Gasteiger partial charge in [-0.3, -0.25) is 10.2 Å². The van der Waals surface area contributed by atoms with Crippen LogP contribution in [0.2, 0.25) is 0 Å². The summed E-state index contributed by atoms with van der Waals surface area (Å²) < 4.78 is 10.5. The SMILES string of the molecule is CCOc1ccc(NC(=O)c2c(N/N=C/c3ccc(OC)cc3)nc(=O)[nH]c2C)cc1. The maximum Gasteiger partial charge on any atom is 0.347 e. The van der Waals surface area contributed by atoms with Crippen molar-refractivity contribution in [2.75, 3.05) is 24.5 Å². The molecule has 160 valence electrons. The third-order valence-corrected chi connectivity index (χ3v) is 4.27. The first kappa shape index (κ1) is 21.6. The molecule has 0 aliphatic rings. The highest BCUT2D eigenvalue weighted by molar-refractivity contribution is 6.08. The second kappa shape index (κ2) is 10.1. The van der Waals surface area contributed by atoms with Gasteiger partial charge >= 0.3 is 5.69 Å². The number of H-pyrrole nitrogens is 1. The fraction of sp³-hybridized carbons (Fsp3) is 0.182. The molecule has 3 rings (SSSR count). The summed E-state index contributed by atoms with van der Waals surface area (Å²) >= 11 is 0. The van der Waals surface area contributed by atoms with Gasteiger partial charge in [0.25, 0.3) is 5.91 Å². The lowest BCUT2D eigenvalue weighted by Crippen LogP contribution is -2.23. The summed E-state index contributed by atoms with van der Waals surface area (Å²) in [6.07, 6.45) is 1.55. The molecule has 0 unspecified atom stereocenters. The van der Waals surface area contributed by atoms with Crippen LogP contribution >= 0.6 is 0 Å². The van der Waals surface area contributed by atoms with Crippen molar-refractivity contribution >= 4 is 23.6 Å². The number of anilines is 2. The van der Waals surface area contributed by atoms with Crippen molar-refractivity contribution in [3.8, 4) is 11.5 Å². The van der Waals surface area contributed by atoms with Crippen molar-refractivity contribution < 1.29 is 14.3 Å². The molecule has 1 aromatic heterocycles. The van der Waals surface area contributed by atoms with Crippen molar-refractivity contribution in [2.24, 2.45) is 5.10 Å². The van der Waals surface area contributed by atoms with E-state index in [4.69, 9.17) is 9.47 Å². The van der Waals surface area contributed by atoms with Gasteiger partial charge in [0, 0.05) is 11.4 Å². The van der Waals surface area contributed by atoms with Crippen LogP contribution in [0.25, 0.3) is 0 Å². The lowest BCUT2D eigenvalue weighted by Gasteiger charge is -2.11. The minimum atomic E-state index is -0.586. The molecule has 0 aliphatic heterocycles. The van der Waals surface area contributed by atoms with Gasteiger partial charge in [-0.1, -0.05) is 0 Å². The highest BCUT2D eigenvalue weighted by Gasteiger charge is 2.18. The molecule has 0 saturated heterocycles. The monoisotopic (exact) mass is 421 g/mol. The Kier molecular flexibility index (Phi) is 7.00. The van der Waals surface area contributed by atoms with E-state index in [0.717, 1.165) is 11.3 Å². The summed E-state index contributed by atoms with van der Waals surface area (Å²) in [6.45, 7) is 4.07. The molecule has 9 nitrogen and oxygen atoms in total. The topological polar surface area (TPSA) is 118 Å². The third-order valence-electron chi connectivity index (χ3n) is 4.27.